The fourth-order valence-corrected chi connectivity index (χ4v) is 0.878. The Labute approximate surface area is 77.5 Å². The van der Waals surface area contributed by atoms with E-state index in [1.165, 1.54) is 0 Å². The molecule has 1 unspecified atom stereocenters. The standard InChI is InChI=1S/C3H5Br3O3/c4-1(2(5)6)3(7,8)9/h1-2,7-9H. The second-order valence-electron chi connectivity index (χ2n) is 1.42. The molecule has 0 rings (SSSR count). The van der Waals surface area contributed by atoms with Gasteiger partial charge in [0.1, 0.15) is 4.83 Å². The molecular weight excluding hydrogens is 324 g/mol. The molecule has 1 atom stereocenters. The van der Waals surface area contributed by atoms with Crippen LogP contribution in [0.2, 0.25) is 0 Å². The highest BCUT2D eigenvalue weighted by atomic mass is 79.9. The summed E-state index contributed by atoms with van der Waals surface area (Å²) in [6.45, 7) is 0. The van der Waals surface area contributed by atoms with Gasteiger partial charge in [-0.15, -0.1) is 0 Å². The zero-order valence-electron chi connectivity index (χ0n) is 4.13. The Morgan fingerprint density at radius 1 is 1.00 bits per heavy atom. The van der Waals surface area contributed by atoms with Crippen molar-refractivity contribution in [3.05, 3.63) is 0 Å². The number of rotatable bonds is 2. The fourth-order valence-electron chi connectivity index (χ4n) is 0.169. The number of hydrogen-bond donors (Lipinski definition) is 3. The lowest BCUT2D eigenvalue weighted by Gasteiger charge is -2.21. The van der Waals surface area contributed by atoms with Crippen LogP contribution in [-0.2, 0) is 0 Å². The van der Waals surface area contributed by atoms with Crippen LogP contribution in [0.5, 0.6) is 0 Å². The van der Waals surface area contributed by atoms with Crippen LogP contribution in [0.4, 0.5) is 0 Å². The van der Waals surface area contributed by atoms with E-state index >= 15 is 0 Å². The van der Waals surface area contributed by atoms with E-state index < -0.39 is 14.5 Å². The normalized spacial score (nSPS) is 16.3. The summed E-state index contributed by atoms with van der Waals surface area (Å²) in [4.78, 5) is -0.870. The van der Waals surface area contributed by atoms with Crippen LogP contribution in [-0.4, -0.2) is 29.9 Å². The molecule has 0 aromatic carbocycles. The minimum absolute atomic E-state index is 0.398. The van der Waals surface area contributed by atoms with E-state index in [-0.39, 0.29) is 0 Å². The SMILES string of the molecule is OC(O)(O)C(Br)C(Br)Br. The Morgan fingerprint density at radius 2 is 1.33 bits per heavy atom. The summed E-state index contributed by atoms with van der Waals surface area (Å²) >= 11 is 8.75. The first-order valence-electron chi connectivity index (χ1n) is 1.95. The molecular formula is C3H5Br3O3. The first kappa shape index (κ1) is 10.3. The monoisotopic (exact) mass is 326 g/mol. The Hall–Kier alpha value is 1.32. The molecule has 6 heteroatoms. The number of halogens is 3. The largest absolute Gasteiger partial charge is 0.343 e. The topological polar surface area (TPSA) is 60.7 Å². The van der Waals surface area contributed by atoms with Gasteiger partial charge >= 0.3 is 0 Å². The second-order valence-corrected chi connectivity index (χ2v) is 5.61. The van der Waals surface area contributed by atoms with Crippen LogP contribution in [0.3, 0.4) is 0 Å². The third kappa shape index (κ3) is 3.90. The van der Waals surface area contributed by atoms with Gasteiger partial charge in [0.05, 0.1) is 3.74 Å². The Kier molecular flexibility index (Phi) is 4.17. The highest BCUT2D eigenvalue weighted by Crippen LogP contribution is 2.26. The van der Waals surface area contributed by atoms with Crippen molar-refractivity contribution >= 4 is 47.8 Å². The van der Waals surface area contributed by atoms with Crippen molar-refractivity contribution in [2.75, 3.05) is 0 Å². The van der Waals surface area contributed by atoms with Crippen LogP contribution in [0, 0.1) is 0 Å². The predicted octanol–water partition coefficient (Wildman–Crippen LogP) is 0.496. The van der Waals surface area contributed by atoms with Crippen LogP contribution in [0.1, 0.15) is 0 Å². The van der Waals surface area contributed by atoms with Gasteiger partial charge in [-0.3, -0.25) is 0 Å². The summed E-state index contributed by atoms with van der Waals surface area (Å²) in [7, 11) is 0. The van der Waals surface area contributed by atoms with Gasteiger partial charge in [0.15, 0.2) is 0 Å². The molecule has 0 bridgehead atoms. The quantitative estimate of drug-likeness (QED) is 0.511. The van der Waals surface area contributed by atoms with Gasteiger partial charge in [-0.2, -0.15) is 0 Å². The molecule has 0 aliphatic rings. The summed E-state index contributed by atoms with van der Waals surface area (Å²) in [6, 6.07) is 0. The zero-order chi connectivity index (χ0) is 7.65. The highest BCUT2D eigenvalue weighted by molar-refractivity contribution is 9.25. The van der Waals surface area contributed by atoms with E-state index in [0.29, 0.717) is 0 Å². The maximum absolute atomic E-state index is 8.46. The first-order chi connectivity index (χ1) is 3.85. The highest BCUT2D eigenvalue weighted by Gasteiger charge is 2.33. The van der Waals surface area contributed by atoms with E-state index in [9.17, 15) is 0 Å². The van der Waals surface area contributed by atoms with Gasteiger partial charge in [0.2, 0.25) is 0 Å². The molecule has 0 saturated heterocycles. The summed E-state index contributed by atoms with van der Waals surface area (Å²) in [5.74, 6) is -2.70. The number of alkyl halides is 3. The summed E-state index contributed by atoms with van der Waals surface area (Å²) in [5, 5.41) is 25.4. The smallest absolute Gasteiger partial charge is 0.290 e. The lowest BCUT2D eigenvalue weighted by molar-refractivity contribution is -0.306. The van der Waals surface area contributed by atoms with Crippen LogP contribution < -0.4 is 0 Å². The average molecular weight is 329 g/mol. The van der Waals surface area contributed by atoms with Crippen molar-refractivity contribution in [2.45, 2.75) is 14.5 Å². The minimum atomic E-state index is -2.70. The molecule has 56 valence electrons. The molecule has 3 N–H and O–H groups in total. The third-order valence-electron chi connectivity index (χ3n) is 0.591. The van der Waals surface area contributed by atoms with Gasteiger partial charge in [-0.25, -0.2) is 0 Å². The van der Waals surface area contributed by atoms with Crippen molar-refractivity contribution in [3.63, 3.8) is 0 Å². The van der Waals surface area contributed by atoms with Gasteiger partial charge in [0, 0.05) is 0 Å². The molecule has 0 radical (unpaired) electrons. The predicted molar refractivity (Wildman–Crippen MR) is 43.7 cm³/mol. The van der Waals surface area contributed by atoms with Crippen molar-refractivity contribution < 1.29 is 15.3 Å². The summed E-state index contributed by atoms with van der Waals surface area (Å²) in [6.07, 6.45) is 0. The Balaban J connectivity index is 3.88. The second kappa shape index (κ2) is 3.64. The minimum Gasteiger partial charge on any atom is -0.343 e. The Morgan fingerprint density at radius 3 is 1.33 bits per heavy atom. The van der Waals surface area contributed by atoms with Gasteiger partial charge in [-0.1, -0.05) is 47.8 Å². The Bertz CT molecular complexity index is 88.8. The van der Waals surface area contributed by atoms with E-state index in [0.717, 1.165) is 0 Å². The van der Waals surface area contributed by atoms with E-state index in [4.69, 9.17) is 15.3 Å². The van der Waals surface area contributed by atoms with Crippen LogP contribution >= 0.6 is 47.8 Å². The molecule has 0 spiro atoms. The molecule has 0 saturated carbocycles. The first-order valence-corrected chi connectivity index (χ1v) is 4.69. The molecule has 3 nitrogen and oxygen atoms in total. The number of hydrogen-bond acceptors (Lipinski definition) is 3. The summed E-state index contributed by atoms with van der Waals surface area (Å²) in [5.41, 5.74) is 0. The average Bonchev–Trinajstić information content (AvgIpc) is 1.62. The van der Waals surface area contributed by atoms with Crippen molar-refractivity contribution in [2.24, 2.45) is 0 Å². The van der Waals surface area contributed by atoms with Crippen LogP contribution in [0.25, 0.3) is 0 Å². The van der Waals surface area contributed by atoms with Gasteiger partial charge in [-0.05, 0) is 0 Å². The maximum Gasteiger partial charge on any atom is 0.290 e. The lowest BCUT2D eigenvalue weighted by Crippen LogP contribution is -2.41. The molecule has 0 aliphatic heterocycles. The third-order valence-corrected chi connectivity index (χ3v) is 4.21. The maximum atomic E-state index is 8.46. The summed E-state index contributed by atoms with van der Waals surface area (Å²) < 4.78 is -0.398. The van der Waals surface area contributed by atoms with Crippen LogP contribution in [0.15, 0.2) is 0 Å². The van der Waals surface area contributed by atoms with Crippen molar-refractivity contribution in [3.8, 4) is 0 Å². The van der Waals surface area contributed by atoms with E-state index in [2.05, 4.69) is 47.8 Å². The van der Waals surface area contributed by atoms with E-state index in [1.54, 1.807) is 0 Å². The van der Waals surface area contributed by atoms with Gasteiger partial charge < -0.3 is 15.3 Å². The fraction of sp³-hybridized carbons (Fsp3) is 1.00. The number of aliphatic hydroxyl groups is 3. The van der Waals surface area contributed by atoms with E-state index in [1.807, 2.05) is 0 Å². The zero-order valence-corrected chi connectivity index (χ0v) is 8.89. The van der Waals surface area contributed by atoms with Gasteiger partial charge in [0.25, 0.3) is 5.97 Å². The molecule has 0 heterocycles. The van der Waals surface area contributed by atoms with Crippen molar-refractivity contribution in [1.29, 1.82) is 0 Å². The molecule has 0 amide bonds. The van der Waals surface area contributed by atoms with Crippen molar-refractivity contribution in [1.82, 2.24) is 0 Å². The molecule has 0 aromatic rings. The molecule has 0 aromatic heterocycles. The molecule has 9 heavy (non-hydrogen) atoms. The molecule has 0 aliphatic carbocycles. The lowest BCUT2D eigenvalue weighted by atomic mass is 10.4. The molecule has 0 fully saturated rings.